The van der Waals surface area contributed by atoms with Gasteiger partial charge in [-0.15, -0.1) is 0 Å². The second kappa shape index (κ2) is 5.33. The molecule has 0 bridgehead atoms. The van der Waals surface area contributed by atoms with Crippen molar-refractivity contribution in [1.82, 2.24) is 10.1 Å². The van der Waals surface area contributed by atoms with E-state index < -0.39 is 6.10 Å². The highest BCUT2D eigenvalue weighted by Gasteiger charge is 2.31. The average molecular weight is 266 g/mol. The van der Waals surface area contributed by atoms with E-state index in [2.05, 4.69) is 5.16 Å². The molecule has 1 aliphatic heterocycles. The number of likely N-dealkylation sites (tertiary alicyclic amines) is 1. The summed E-state index contributed by atoms with van der Waals surface area (Å²) >= 11 is 0. The fourth-order valence-electron chi connectivity index (χ4n) is 2.43. The lowest BCUT2D eigenvalue weighted by atomic mass is 9.95. The summed E-state index contributed by atoms with van der Waals surface area (Å²) in [5.74, 6) is 0.926. The minimum atomic E-state index is -0.444. The lowest BCUT2D eigenvalue weighted by molar-refractivity contribution is 0.0246. The van der Waals surface area contributed by atoms with Gasteiger partial charge >= 0.3 is 0 Å². The number of aliphatic hydroxyl groups excluding tert-OH is 1. The number of piperidine rings is 1. The predicted octanol–water partition coefficient (Wildman–Crippen LogP) is 1.95. The second-order valence-electron chi connectivity index (χ2n) is 5.75. The van der Waals surface area contributed by atoms with E-state index in [4.69, 9.17) is 4.52 Å². The van der Waals surface area contributed by atoms with Gasteiger partial charge in [0, 0.05) is 19.0 Å². The summed E-state index contributed by atoms with van der Waals surface area (Å²) in [5, 5.41) is 13.8. The summed E-state index contributed by atoms with van der Waals surface area (Å²) in [6.45, 7) is 8.82. The number of aryl methyl sites for hydroxylation is 1. The Hall–Kier alpha value is -1.36. The van der Waals surface area contributed by atoms with Crippen LogP contribution in [0.3, 0.4) is 0 Å². The normalized spacial score (nSPS) is 24.0. The lowest BCUT2D eigenvalue weighted by Crippen LogP contribution is -2.46. The van der Waals surface area contributed by atoms with Crippen molar-refractivity contribution in [2.45, 2.75) is 46.1 Å². The van der Waals surface area contributed by atoms with Crippen molar-refractivity contribution in [3.8, 4) is 0 Å². The monoisotopic (exact) mass is 266 g/mol. The smallest absolute Gasteiger partial charge is 0.259 e. The number of carbonyl (C=O) groups excluding carboxylic acids is 1. The Morgan fingerprint density at radius 2 is 2.21 bits per heavy atom. The molecule has 1 aliphatic rings. The maximum absolute atomic E-state index is 12.6. The Morgan fingerprint density at radius 1 is 1.53 bits per heavy atom. The quantitative estimate of drug-likeness (QED) is 0.888. The van der Waals surface area contributed by atoms with Gasteiger partial charge < -0.3 is 14.5 Å². The van der Waals surface area contributed by atoms with Gasteiger partial charge in [-0.25, -0.2) is 0 Å². The molecule has 2 heterocycles. The number of aliphatic hydroxyl groups is 1. The Bertz CT molecular complexity index is 467. The molecule has 0 saturated carbocycles. The minimum absolute atomic E-state index is 0.0756. The van der Waals surface area contributed by atoms with Crippen LogP contribution in [0, 0.1) is 12.8 Å². The number of hydrogen-bond donors (Lipinski definition) is 1. The van der Waals surface area contributed by atoms with Crippen molar-refractivity contribution in [2.24, 2.45) is 5.92 Å². The van der Waals surface area contributed by atoms with Gasteiger partial charge in [0.2, 0.25) is 0 Å². The molecule has 19 heavy (non-hydrogen) atoms. The van der Waals surface area contributed by atoms with E-state index in [-0.39, 0.29) is 17.7 Å². The predicted molar refractivity (Wildman–Crippen MR) is 71.0 cm³/mol. The summed E-state index contributed by atoms with van der Waals surface area (Å²) in [6, 6.07) is 0. The number of aromatic nitrogens is 1. The van der Waals surface area contributed by atoms with Crippen molar-refractivity contribution < 1.29 is 14.4 Å². The van der Waals surface area contributed by atoms with Crippen LogP contribution < -0.4 is 0 Å². The molecule has 1 saturated heterocycles. The van der Waals surface area contributed by atoms with E-state index in [0.717, 1.165) is 6.42 Å². The Kier molecular flexibility index (Phi) is 3.94. The van der Waals surface area contributed by atoms with Crippen LogP contribution in [-0.2, 0) is 0 Å². The fraction of sp³-hybridized carbons (Fsp3) is 0.714. The molecule has 1 N–H and O–H groups in total. The zero-order valence-electron chi connectivity index (χ0n) is 12.0. The first-order chi connectivity index (χ1) is 8.91. The van der Waals surface area contributed by atoms with Crippen LogP contribution in [-0.4, -0.2) is 40.3 Å². The zero-order chi connectivity index (χ0) is 14.2. The SMILES string of the molecule is Cc1noc(C(C)C)c1C(=O)N1CCC(C)C(O)C1. The van der Waals surface area contributed by atoms with Crippen molar-refractivity contribution in [3.05, 3.63) is 17.0 Å². The highest BCUT2D eigenvalue weighted by molar-refractivity contribution is 5.96. The van der Waals surface area contributed by atoms with Gasteiger partial charge in [0.15, 0.2) is 5.76 Å². The number of rotatable bonds is 2. The van der Waals surface area contributed by atoms with Crippen molar-refractivity contribution in [1.29, 1.82) is 0 Å². The standard InChI is InChI=1S/C14H22N2O3/c1-8(2)13-12(10(4)15-19-13)14(18)16-6-5-9(3)11(17)7-16/h8-9,11,17H,5-7H2,1-4H3. The van der Waals surface area contributed by atoms with E-state index in [0.29, 0.717) is 30.1 Å². The lowest BCUT2D eigenvalue weighted by Gasteiger charge is -2.34. The third kappa shape index (κ3) is 2.66. The molecular weight excluding hydrogens is 244 g/mol. The molecule has 106 valence electrons. The summed E-state index contributed by atoms with van der Waals surface area (Å²) in [7, 11) is 0. The molecule has 1 aromatic heterocycles. The highest BCUT2D eigenvalue weighted by Crippen LogP contribution is 2.26. The molecule has 1 amide bonds. The zero-order valence-corrected chi connectivity index (χ0v) is 12.0. The molecule has 2 atom stereocenters. The molecule has 5 heteroatoms. The van der Waals surface area contributed by atoms with E-state index in [1.807, 2.05) is 20.8 Å². The van der Waals surface area contributed by atoms with Crippen LogP contribution in [0.25, 0.3) is 0 Å². The van der Waals surface area contributed by atoms with Gasteiger partial charge in [-0.1, -0.05) is 25.9 Å². The van der Waals surface area contributed by atoms with E-state index in [1.165, 1.54) is 0 Å². The molecule has 2 rings (SSSR count). The van der Waals surface area contributed by atoms with Gasteiger partial charge in [-0.05, 0) is 19.3 Å². The van der Waals surface area contributed by atoms with Crippen molar-refractivity contribution in [2.75, 3.05) is 13.1 Å². The number of nitrogens with zero attached hydrogens (tertiary/aromatic N) is 2. The Balaban J connectivity index is 2.23. The van der Waals surface area contributed by atoms with Gasteiger partial charge in [-0.3, -0.25) is 4.79 Å². The minimum Gasteiger partial charge on any atom is -0.391 e. The van der Waals surface area contributed by atoms with E-state index in [1.54, 1.807) is 11.8 Å². The topological polar surface area (TPSA) is 66.6 Å². The van der Waals surface area contributed by atoms with Crippen LogP contribution in [0.5, 0.6) is 0 Å². The molecule has 0 radical (unpaired) electrons. The number of amides is 1. The first-order valence-electron chi connectivity index (χ1n) is 6.85. The molecule has 1 aromatic rings. The number of carbonyl (C=O) groups is 1. The Labute approximate surface area is 113 Å². The molecular formula is C14H22N2O3. The van der Waals surface area contributed by atoms with Crippen molar-refractivity contribution >= 4 is 5.91 Å². The maximum Gasteiger partial charge on any atom is 0.259 e. The van der Waals surface area contributed by atoms with Gasteiger partial charge in [0.25, 0.3) is 5.91 Å². The molecule has 0 aliphatic carbocycles. The average Bonchev–Trinajstić information content (AvgIpc) is 2.74. The fourth-order valence-corrected chi connectivity index (χ4v) is 2.43. The maximum atomic E-state index is 12.6. The second-order valence-corrected chi connectivity index (χ2v) is 5.75. The van der Waals surface area contributed by atoms with Gasteiger partial charge in [0.1, 0.15) is 5.56 Å². The van der Waals surface area contributed by atoms with E-state index >= 15 is 0 Å². The summed E-state index contributed by atoms with van der Waals surface area (Å²) in [4.78, 5) is 14.3. The van der Waals surface area contributed by atoms with Crippen LogP contribution in [0.1, 0.15) is 54.9 Å². The van der Waals surface area contributed by atoms with Crippen LogP contribution in [0.15, 0.2) is 4.52 Å². The largest absolute Gasteiger partial charge is 0.391 e. The molecule has 2 unspecified atom stereocenters. The molecule has 1 fully saturated rings. The highest BCUT2D eigenvalue weighted by atomic mass is 16.5. The third-order valence-corrected chi connectivity index (χ3v) is 3.83. The van der Waals surface area contributed by atoms with E-state index in [9.17, 15) is 9.90 Å². The van der Waals surface area contributed by atoms with Crippen LogP contribution in [0.4, 0.5) is 0 Å². The third-order valence-electron chi connectivity index (χ3n) is 3.83. The van der Waals surface area contributed by atoms with Gasteiger partial charge in [0.05, 0.1) is 11.8 Å². The summed E-state index contributed by atoms with van der Waals surface area (Å²) < 4.78 is 5.26. The first-order valence-corrected chi connectivity index (χ1v) is 6.85. The molecule has 0 spiro atoms. The Morgan fingerprint density at radius 3 is 2.79 bits per heavy atom. The first kappa shape index (κ1) is 14.1. The van der Waals surface area contributed by atoms with Crippen LogP contribution >= 0.6 is 0 Å². The van der Waals surface area contributed by atoms with Crippen molar-refractivity contribution in [3.63, 3.8) is 0 Å². The molecule has 0 aromatic carbocycles. The summed E-state index contributed by atoms with van der Waals surface area (Å²) in [6.07, 6.45) is 0.384. The number of hydrogen-bond acceptors (Lipinski definition) is 4. The molecule has 5 nitrogen and oxygen atoms in total. The number of β-amino-alcohol motifs (C(OH)–C–C–N with tert-alkyl or cyclic N) is 1. The summed E-state index contributed by atoms with van der Waals surface area (Å²) in [5.41, 5.74) is 1.19. The van der Waals surface area contributed by atoms with Crippen LogP contribution in [0.2, 0.25) is 0 Å². The van der Waals surface area contributed by atoms with Gasteiger partial charge in [-0.2, -0.15) is 0 Å².